The van der Waals surface area contributed by atoms with Gasteiger partial charge in [-0.05, 0) is 28.5 Å². The summed E-state index contributed by atoms with van der Waals surface area (Å²) in [5.74, 6) is -0.197. The van der Waals surface area contributed by atoms with Crippen molar-refractivity contribution < 1.29 is 9.90 Å². The predicted octanol–water partition coefficient (Wildman–Crippen LogP) is 2.31. The monoisotopic (exact) mass is 259 g/mol. The topological polar surface area (TPSA) is 78.9 Å². The van der Waals surface area contributed by atoms with Crippen molar-refractivity contribution in [2.45, 2.75) is 6.42 Å². The lowest BCUT2D eigenvalue weighted by Gasteiger charge is -1.92. The van der Waals surface area contributed by atoms with Gasteiger partial charge in [0.1, 0.15) is 5.82 Å². The molecular weight excluding hydrogens is 250 g/mol. The van der Waals surface area contributed by atoms with Gasteiger partial charge in [-0.15, -0.1) is 0 Å². The van der Waals surface area contributed by atoms with Crippen molar-refractivity contribution in [3.63, 3.8) is 0 Å². The molecule has 0 fully saturated rings. The number of carboxylic acid groups (broad SMARTS) is 1. The van der Waals surface area contributed by atoms with E-state index in [2.05, 4.69) is 20.3 Å². The van der Waals surface area contributed by atoms with Crippen LogP contribution in [0, 0.1) is 0 Å². The van der Waals surface area contributed by atoms with Crippen LogP contribution in [-0.2, 0) is 6.42 Å². The van der Waals surface area contributed by atoms with Gasteiger partial charge in [-0.2, -0.15) is 11.3 Å². The number of aromatic carboxylic acids is 1. The van der Waals surface area contributed by atoms with Crippen LogP contribution >= 0.6 is 11.3 Å². The molecule has 3 heterocycles. The Labute approximate surface area is 106 Å². The number of H-pyrrole nitrogens is 1. The Kier molecular flexibility index (Phi) is 2.56. The summed E-state index contributed by atoms with van der Waals surface area (Å²) < 4.78 is 0. The summed E-state index contributed by atoms with van der Waals surface area (Å²) in [7, 11) is 0. The Morgan fingerprint density at radius 3 is 3.11 bits per heavy atom. The van der Waals surface area contributed by atoms with E-state index < -0.39 is 5.97 Å². The molecule has 0 saturated heterocycles. The Morgan fingerprint density at radius 2 is 2.39 bits per heavy atom. The number of carbonyl (C=O) groups is 1. The zero-order valence-corrected chi connectivity index (χ0v) is 10.1. The molecule has 3 aromatic rings. The molecule has 0 aromatic carbocycles. The van der Waals surface area contributed by atoms with Crippen LogP contribution in [0.5, 0.6) is 0 Å². The van der Waals surface area contributed by atoms with Crippen molar-refractivity contribution >= 4 is 28.5 Å². The van der Waals surface area contributed by atoms with Crippen molar-refractivity contribution in [1.29, 1.82) is 0 Å². The first-order valence-electron chi connectivity index (χ1n) is 5.31. The highest BCUT2D eigenvalue weighted by Gasteiger charge is 2.09. The molecule has 0 spiro atoms. The van der Waals surface area contributed by atoms with E-state index in [-0.39, 0.29) is 5.56 Å². The van der Waals surface area contributed by atoms with Crippen LogP contribution in [0.4, 0.5) is 0 Å². The molecular formula is C12H9N3O2S. The van der Waals surface area contributed by atoms with Crippen molar-refractivity contribution in [3.8, 4) is 0 Å². The number of nitrogens with one attached hydrogen (secondary N) is 1. The SMILES string of the molecule is O=C(O)c1cnc2nc(Cc3ccsc3)[nH]c2c1. The minimum absolute atomic E-state index is 0.160. The highest BCUT2D eigenvalue weighted by molar-refractivity contribution is 7.07. The molecule has 5 nitrogen and oxygen atoms in total. The number of fused-ring (bicyclic) bond motifs is 1. The van der Waals surface area contributed by atoms with E-state index in [1.54, 1.807) is 17.4 Å². The lowest BCUT2D eigenvalue weighted by molar-refractivity contribution is 0.0696. The summed E-state index contributed by atoms with van der Waals surface area (Å²) >= 11 is 1.64. The number of imidazole rings is 1. The van der Waals surface area contributed by atoms with E-state index in [9.17, 15) is 4.79 Å². The summed E-state index contributed by atoms with van der Waals surface area (Å²) in [6.07, 6.45) is 2.02. The predicted molar refractivity (Wildman–Crippen MR) is 68.0 cm³/mol. The number of aromatic nitrogens is 3. The minimum atomic E-state index is -0.988. The average Bonchev–Trinajstić information content (AvgIpc) is 2.96. The van der Waals surface area contributed by atoms with E-state index in [0.717, 1.165) is 5.82 Å². The first kappa shape index (κ1) is 10.9. The van der Waals surface area contributed by atoms with Crippen molar-refractivity contribution in [3.05, 3.63) is 46.0 Å². The highest BCUT2D eigenvalue weighted by atomic mass is 32.1. The van der Waals surface area contributed by atoms with Crippen LogP contribution in [0.2, 0.25) is 0 Å². The number of aromatic amines is 1. The van der Waals surface area contributed by atoms with E-state index >= 15 is 0 Å². The zero-order valence-electron chi connectivity index (χ0n) is 9.25. The van der Waals surface area contributed by atoms with E-state index in [4.69, 9.17) is 5.11 Å². The second-order valence-electron chi connectivity index (χ2n) is 3.89. The van der Waals surface area contributed by atoms with Crippen LogP contribution in [0.25, 0.3) is 11.2 Å². The fourth-order valence-corrected chi connectivity index (χ4v) is 2.41. The molecule has 18 heavy (non-hydrogen) atoms. The lowest BCUT2D eigenvalue weighted by atomic mass is 10.2. The van der Waals surface area contributed by atoms with Gasteiger partial charge in [0.05, 0.1) is 11.1 Å². The first-order chi connectivity index (χ1) is 8.72. The number of carboxylic acids is 1. The molecule has 0 radical (unpaired) electrons. The van der Waals surface area contributed by atoms with Gasteiger partial charge < -0.3 is 10.1 Å². The van der Waals surface area contributed by atoms with Gasteiger partial charge in [-0.25, -0.2) is 14.8 Å². The molecule has 3 rings (SSSR count). The zero-order chi connectivity index (χ0) is 12.5. The normalized spacial score (nSPS) is 10.9. The van der Waals surface area contributed by atoms with E-state index in [1.807, 2.05) is 11.4 Å². The van der Waals surface area contributed by atoms with Crippen LogP contribution in [-0.4, -0.2) is 26.0 Å². The largest absolute Gasteiger partial charge is 0.478 e. The molecule has 90 valence electrons. The number of nitrogens with zero attached hydrogens (tertiary/aromatic N) is 2. The third kappa shape index (κ3) is 1.98. The molecule has 0 aliphatic heterocycles. The number of rotatable bonds is 3. The molecule has 0 aliphatic carbocycles. The maximum Gasteiger partial charge on any atom is 0.337 e. The number of pyridine rings is 1. The summed E-state index contributed by atoms with van der Waals surface area (Å²) in [6.45, 7) is 0. The van der Waals surface area contributed by atoms with Gasteiger partial charge in [0.25, 0.3) is 0 Å². The number of hydrogen-bond acceptors (Lipinski definition) is 4. The highest BCUT2D eigenvalue weighted by Crippen LogP contribution is 2.15. The summed E-state index contributed by atoms with van der Waals surface area (Å²) in [4.78, 5) is 22.3. The molecule has 0 bridgehead atoms. The quantitative estimate of drug-likeness (QED) is 0.756. The van der Waals surface area contributed by atoms with Crippen molar-refractivity contribution in [1.82, 2.24) is 15.0 Å². The maximum absolute atomic E-state index is 10.8. The summed E-state index contributed by atoms with van der Waals surface area (Å²) in [5.41, 5.74) is 2.54. The smallest absolute Gasteiger partial charge is 0.337 e. The van der Waals surface area contributed by atoms with Gasteiger partial charge in [-0.3, -0.25) is 0 Å². The first-order valence-corrected chi connectivity index (χ1v) is 6.25. The molecule has 0 unspecified atom stereocenters. The fraction of sp³-hybridized carbons (Fsp3) is 0.0833. The molecule has 2 N–H and O–H groups in total. The fourth-order valence-electron chi connectivity index (χ4n) is 1.74. The van der Waals surface area contributed by atoms with E-state index in [1.165, 1.54) is 11.8 Å². The lowest BCUT2D eigenvalue weighted by Crippen LogP contribution is -1.96. The van der Waals surface area contributed by atoms with Gasteiger partial charge in [-0.1, -0.05) is 0 Å². The van der Waals surface area contributed by atoms with Crippen molar-refractivity contribution in [2.75, 3.05) is 0 Å². The third-order valence-corrected chi connectivity index (χ3v) is 3.32. The Balaban J connectivity index is 1.98. The Morgan fingerprint density at radius 1 is 1.50 bits per heavy atom. The second-order valence-corrected chi connectivity index (χ2v) is 4.67. The van der Waals surface area contributed by atoms with Gasteiger partial charge in [0.15, 0.2) is 5.65 Å². The molecule has 0 aliphatic rings. The molecule has 0 amide bonds. The summed E-state index contributed by atoms with van der Waals surface area (Å²) in [6, 6.07) is 3.59. The van der Waals surface area contributed by atoms with Crippen molar-refractivity contribution in [2.24, 2.45) is 0 Å². The summed E-state index contributed by atoms with van der Waals surface area (Å²) in [5, 5.41) is 13.0. The molecule has 6 heteroatoms. The molecule has 0 saturated carbocycles. The minimum Gasteiger partial charge on any atom is -0.478 e. The average molecular weight is 259 g/mol. The molecule has 3 aromatic heterocycles. The van der Waals surface area contributed by atoms with Crippen LogP contribution in [0.1, 0.15) is 21.7 Å². The van der Waals surface area contributed by atoms with Gasteiger partial charge in [0.2, 0.25) is 0 Å². The van der Waals surface area contributed by atoms with Crippen LogP contribution in [0.15, 0.2) is 29.1 Å². The van der Waals surface area contributed by atoms with Crippen LogP contribution in [0.3, 0.4) is 0 Å². The Hall–Kier alpha value is -2.21. The molecule has 0 atom stereocenters. The maximum atomic E-state index is 10.8. The number of hydrogen-bond donors (Lipinski definition) is 2. The van der Waals surface area contributed by atoms with Gasteiger partial charge in [0, 0.05) is 12.6 Å². The standard InChI is InChI=1S/C12H9N3O2S/c16-12(17)8-4-9-11(13-5-8)15-10(14-9)3-7-1-2-18-6-7/h1-2,4-6H,3H2,(H,16,17)(H,13,14,15). The van der Waals surface area contributed by atoms with E-state index in [0.29, 0.717) is 17.6 Å². The third-order valence-electron chi connectivity index (χ3n) is 2.59. The number of thiophene rings is 1. The van der Waals surface area contributed by atoms with Gasteiger partial charge >= 0.3 is 5.97 Å². The Bertz CT molecular complexity index is 703. The second kappa shape index (κ2) is 4.23. The van der Waals surface area contributed by atoms with Crippen LogP contribution < -0.4 is 0 Å².